The second-order valence-electron chi connectivity index (χ2n) is 8.48. The van der Waals surface area contributed by atoms with E-state index in [9.17, 15) is 14.4 Å². The minimum atomic E-state index is -1.26. The van der Waals surface area contributed by atoms with Gasteiger partial charge in [-0.05, 0) is 67.1 Å². The van der Waals surface area contributed by atoms with Gasteiger partial charge in [-0.25, -0.2) is 14.4 Å². The van der Waals surface area contributed by atoms with E-state index in [1.54, 1.807) is 13.2 Å². The lowest BCUT2D eigenvalue weighted by atomic mass is 10.0. The van der Waals surface area contributed by atoms with E-state index in [4.69, 9.17) is 31.7 Å². The molecule has 0 unspecified atom stereocenters. The van der Waals surface area contributed by atoms with Gasteiger partial charge in [-0.3, -0.25) is 0 Å². The largest absolute Gasteiger partial charge is 0.478 e. The number of carbonyl (C=O) groups is 3. The van der Waals surface area contributed by atoms with Gasteiger partial charge < -0.3 is 30.3 Å². The third kappa shape index (κ3) is 10.8. The maximum atomic E-state index is 10.5. The van der Waals surface area contributed by atoms with Crippen molar-refractivity contribution in [1.29, 1.82) is 0 Å². The highest BCUT2D eigenvalue weighted by Crippen LogP contribution is 2.38. The van der Waals surface area contributed by atoms with E-state index in [1.807, 2.05) is 6.07 Å². The van der Waals surface area contributed by atoms with Crippen molar-refractivity contribution in [2.24, 2.45) is 0 Å². The average molecular weight is 545 g/mol. The summed E-state index contributed by atoms with van der Waals surface area (Å²) in [4.78, 5) is 32.0. The lowest BCUT2D eigenvalue weighted by Gasteiger charge is -2.27. The fourth-order valence-electron chi connectivity index (χ4n) is 4.01. The van der Waals surface area contributed by atoms with Crippen molar-refractivity contribution in [2.75, 3.05) is 31.6 Å². The summed E-state index contributed by atoms with van der Waals surface area (Å²) >= 11 is 6.34. The van der Waals surface area contributed by atoms with Gasteiger partial charge in [-0.15, -0.1) is 0 Å². The van der Waals surface area contributed by atoms with Crippen LogP contribution in [0.3, 0.4) is 0 Å². The van der Waals surface area contributed by atoms with E-state index in [0.29, 0.717) is 25.3 Å². The van der Waals surface area contributed by atoms with Gasteiger partial charge in [0.2, 0.25) is 0 Å². The van der Waals surface area contributed by atoms with E-state index in [-0.39, 0.29) is 0 Å². The van der Waals surface area contributed by atoms with Crippen LogP contribution in [0.2, 0.25) is 5.02 Å². The monoisotopic (exact) mass is 544 g/mol. The van der Waals surface area contributed by atoms with E-state index in [2.05, 4.69) is 40.5 Å². The topological polar surface area (TPSA) is 136 Å². The Balaban J connectivity index is 0.000000550. The summed E-state index contributed by atoms with van der Waals surface area (Å²) in [5.41, 5.74) is 6.29. The fourth-order valence-corrected chi connectivity index (χ4v) is 4.17. The zero-order valence-electron chi connectivity index (χ0n) is 21.2. The number of nitrogens with one attached hydrogen (secondary N) is 1. The van der Waals surface area contributed by atoms with E-state index in [1.165, 1.54) is 34.1 Å². The Bertz CT molecular complexity index is 1150. The molecule has 3 rings (SSSR count). The normalized spacial score (nSPS) is 12.4. The summed E-state index contributed by atoms with van der Waals surface area (Å²) in [6.07, 6.45) is 7.91. The molecular weight excluding hydrogens is 512 g/mol. The van der Waals surface area contributed by atoms with Crippen LogP contribution >= 0.6 is 11.6 Å². The summed E-state index contributed by atoms with van der Waals surface area (Å²) in [5, 5.41) is 28.2. The molecule has 0 saturated carbocycles. The molecule has 1 aliphatic heterocycles. The quantitative estimate of drug-likeness (QED) is 0.226. The summed E-state index contributed by atoms with van der Waals surface area (Å²) in [7, 11) is 1.72. The molecule has 1 heterocycles. The number of rotatable bonds is 12. The molecule has 4 N–H and O–H groups in total. The van der Waals surface area contributed by atoms with Gasteiger partial charge in [0.25, 0.3) is 0 Å². The molecule has 0 saturated heterocycles. The molecule has 0 spiro atoms. The minimum Gasteiger partial charge on any atom is -0.478 e. The van der Waals surface area contributed by atoms with Crippen molar-refractivity contribution < 1.29 is 34.4 Å². The molecule has 204 valence electrons. The Morgan fingerprint density at radius 1 is 0.921 bits per heavy atom. The van der Waals surface area contributed by atoms with Crippen molar-refractivity contribution in [3.05, 3.63) is 82.4 Å². The number of aryl methyl sites for hydroxylation is 2. The van der Waals surface area contributed by atoms with Crippen LogP contribution in [0.15, 0.2) is 60.7 Å². The molecule has 0 aromatic heterocycles. The molecule has 2 aromatic carbocycles. The number of halogens is 1. The number of fused-ring (bicyclic) bond motifs is 2. The number of carboxylic acid groups (broad SMARTS) is 3. The van der Waals surface area contributed by atoms with Gasteiger partial charge in [-0.1, -0.05) is 35.9 Å². The van der Waals surface area contributed by atoms with Crippen molar-refractivity contribution in [2.45, 2.75) is 32.3 Å². The third-order valence-electron chi connectivity index (χ3n) is 5.62. The van der Waals surface area contributed by atoms with E-state index < -0.39 is 17.9 Å². The first-order valence-corrected chi connectivity index (χ1v) is 12.5. The van der Waals surface area contributed by atoms with Crippen LogP contribution in [0, 0.1) is 0 Å². The Labute approximate surface area is 227 Å². The predicted molar refractivity (Wildman–Crippen MR) is 146 cm³/mol. The molecule has 2 aromatic rings. The lowest BCUT2D eigenvalue weighted by molar-refractivity contribution is -0.134. The van der Waals surface area contributed by atoms with Crippen LogP contribution in [0.1, 0.15) is 29.5 Å². The second-order valence-corrected chi connectivity index (χ2v) is 8.92. The molecule has 0 amide bonds. The van der Waals surface area contributed by atoms with Gasteiger partial charge in [0.15, 0.2) is 0 Å². The first-order chi connectivity index (χ1) is 18.2. The molecule has 10 heteroatoms. The van der Waals surface area contributed by atoms with Crippen molar-refractivity contribution in [3.8, 4) is 0 Å². The molecule has 9 nitrogen and oxygen atoms in total. The van der Waals surface area contributed by atoms with Crippen LogP contribution < -0.4 is 10.2 Å². The summed E-state index contributed by atoms with van der Waals surface area (Å²) < 4.78 is 5.31. The number of carboxylic acids is 3. The standard InChI is InChI=1S/C24H29ClN2O3.C4H4O4/c1-30-17-18-6-11-22-20(15-18)8-7-19-9-10-21(25)16-23(19)27(22)14-3-2-12-26-13-4-5-24(28)29;5-3(6)1-2-4(7)8/h4-6,9-11,15-16,26H,2-3,7-8,12-14,17H2,1H3,(H,28,29);1-2H,(H,5,6)(H,7,8)/b5-4+;2-1-. The molecule has 0 bridgehead atoms. The first-order valence-electron chi connectivity index (χ1n) is 12.1. The molecule has 0 aliphatic carbocycles. The van der Waals surface area contributed by atoms with Gasteiger partial charge in [0.1, 0.15) is 0 Å². The number of aliphatic carboxylic acids is 3. The summed E-state index contributed by atoms with van der Waals surface area (Å²) in [5.74, 6) is -3.43. The van der Waals surface area contributed by atoms with Crippen LogP contribution in [-0.2, 0) is 38.6 Å². The number of hydrogen-bond donors (Lipinski definition) is 4. The number of ether oxygens (including phenoxy) is 1. The zero-order chi connectivity index (χ0) is 27.9. The number of benzene rings is 2. The molecule has 0 fully saturated rings. The van der Waals surface area contributed by atoms with Gasteiger partial charge in [-0.2, -0.15) is 0 Å². The smallest absolute Gasteiger partial charge is 0.328 e. The second kappa shape index (κ2) is 16.2. The Hall–Kier alpha value is -3.66. The number of unbranched alkanes of at least 4 members (excludes halogenated alkanes) is 1. The number of anilines is 2. The first kappa shape index (κ1) is 30.6. The van der Waals surface area contributed by atoms with Gasteiger partial charge in [0, 0.05) is 54.8 Å². The average Bonchev–Trinajstić information content (AvgIpc) is 3.01. The Kier molecular flexibility index (Phi) is 13.1. The predicted octanol–water partition coefficient (Wildman–Crippen LogP) is 4.45. The number of methoxy groups -OCH3 is 1. The number of hydrogen-bond acceptors (Lipinski definition) is 6. The van der Waals surface area contributed by atoms with Gasteiger partial charge in [0.05, 0.1) is 6.61 Å². The van der Waals surface area contributed by atoms with Crippen LogP contribution in [-0.4, -0.2) is 60.0 Å². The molecule has 38 heavy (non-hydrogen) atoms. The minimum absolute atomic E-state index is 0.558. The number of nitrogens with zero attached hydrogens (tertiary/aromatic N) is 1. The Morgan fingerprint density at radius 3 is 2.26 bits per heavy atom. The zero-order valence-corrected chi connectivity index (χ0v) is 22.0. The van der Waals surface area contributed by atoms with Crippen molar-refractivity contribution >= 4 is 40.9 Å². The fraction of sp³-hybridized carbons (Fsp3) is 0.321. The summed E-state index contributed by atoms with van der Waals surface area (Å²) in [6.45, 7) is 2.93. The Morgan fingerprint density at radius 2 is 1.61 bits per heavy atom. The van der Waals surface area contributed by atoms with E-state index in [0.717, 1.165) is 43.8 Å². The van der Waals surface area contributed by atoms with E-state index >= 15 is 0 Å². The highest BCUT2D eigenvalue weighted by molar-refractivity contribution is 6.30. The maximum Gasteiger partial charge on any atom is 0.328 e. The van der Waals surface area contributed by atoms with Crippen LogP contribution in [0.5, 0.6) is 0 Å². The maximum absolute atomic E-state index is 10.5. The summed E-state index contributed by atoms with van der Waals surface area (Å²) in [6, 6.07) is 12.8. The highest BCUT2D eigenvalue weighted by Gasteiger charge is 2.21. The SMILES string of the molecule is COCc1ccc2c(c1)CCc1ccc(Cl)cc1N2CCCCNC/C=C/C(=O)O.O=C(O)/C=C\C(=O)O. The van der Waals surface area contributed by atoms with Crippen molar-refractivity contribution in [1.82, 2.24) is 5.32 Å². The highest BCUT2D eigenvalue weighted by atomic mass is 35.5. The molecular formula is C28H33ClN2O7. The van der Waals surface area contributed by atoms with Gasteiger partial charge >= 0.3 is 17.9 Å². The molecule has 0 atom stereocenters. The molecule has 1 aliphatic rings. The van der Waals surface area contributed by atoms with Crippen LogP contribution in [0.25, 0.3) is 0 Å². The lowest BCUT2D eigenvalue weighted by Crippen LogP contribution is -2.22. The van der Waals surface area contributed by atoms with Crippen molar-refractivity contribution in [3.63, 3.8) is 0 Å². The molecule has 0 radical (unpaired) electrons. The van der Waals surface area contributed by atoms with Crippen LogP contribution in [0.4, 0.5) is 11.4 Å². The third-order valence-corrected chi connectivity index (χ3v) is 5.86.